The molecule has 2 aromatic heterocycles. The van der Waals surface area contributed by atoms with Gasteiger partial charge < -0.3 is 18.9 Å². The van der Waals surface area contributed by atoms with E-state index in [1.165, 1.54) is 0 Å². The number of hydrogen-bond donors (Lipinski definition) is 3. The van der Waals surface area contributed by atoms with Crippen molar-refractivity contribution in [2.45, 2.75) is 45.6 Å². The van der Waals surface area contributed by atoms with Crippen LogP contribution in [0.3, 0.4) is 0 Å². The quantitative estimate of drug-likeness (QED) is 0.272. The summed E-state index contributed by atoms with van der Waals surface area (Å²) in [6.07, 6.45) is 2.73. The summed E-state index contributed by atoms with van der Waals surface area (Å²) in [5.74, 6) is 0.488. The molecule has 0 spiro atoms. The third kappa shape index (κ3) is 5.46. The van der Waals surface area contributed by atoms with Gasteiger partial charge in [-0.05, 0) is 54.5 Å². The van der Waals surface area contributed by atoms with Gasteiger partial charge in [0.05, 0.1) is 5.41 Å². The van der Waals surface area contributed by atoms with Crippen molar-refractivity contribution < 1.29 is 18.4 Å². The monoisotopic (exact) mass is 519 g/mol. The minimum Gasteiger partial charge on any atom is -0.457 e. The summed E-state index contributed by atoms with van der Waals surface area (Å²) >= 11 is 0. The highest BCUT2D eigenvalue weighted by Crippen LogP contribution is 2.56. The van der Waals surface area contributed by atoms with Crippen LogP contribution in [0.15, 0.2) is 73.0 Å². The number of aromatic nitrogens is 4. The Balaban J connectivity index is 1.28. The van der Waals surface area contributed by atoms with Crippen molar-refractivity contribution in [1.82, 2.24) is 25.7 Å². The van der Waals surface area contributed by atoms with Crippen molar-refractivity contribution in [1.29, 1.82) is 0 Å². The zero-order valence-corrected chi connectivity index (χ0v) is 20.9. The van der Waals surface area contributed by atoms with Crippen LogP contribution in [0.1, 0.15) is 43.5 Å². The molecule has 3 atom stereocenters. The lowest BCUT2D eigenvalue weighted by Gasteiger charge is -2.53. The molecule has 198 valence electrons. The van der Waals surface area contributed by atoms with E-state index >= 15 is 0 Å². The SMILES string of the molecule is CCCC1(C(=O)NCc2ccc(Oc3ccccc3)cc2)CC(Cc2n[nH]c(=O)o2)C1Cc1n[nH]c(=O)o1. The molecule has 1 aliphatic carbocycles. The molecular formula is C27H29N5O6. The van der Waals surface area contributed by atoms with Crippen LogP contribution in [0.2, 0.25) is 0 Å². The fraction of sp³-hybridized carbons (Fsp3) is 0.370. The molecule has 1 aliphatic rings. The van der Waals surface area contributed by atoms with Crippen LogP contribution in [-0.4, -0.2) is 26.3 Å². The number of benzene rings is 2. The van der Waals surface area contributed by atoms with Crippen molar-refractivity contribution in [2.75, 3.05) is 0 Å². The van der Waals surface area contributed by atoms with Gasteiger partial charge in [0.15, 0.2) is 0 Å². The lowest BCUT2D eigenvalue weighted by atomic mass is 9.49. The lowest BCUT2D eigenvalue weighted by Crippen LogP contribution is -2.58. The molecule has 0 aliphatic heterocycles. The van der Waals surface area contributed by atoms with Gasteiger partial charge in [0, 0.05) is 19.4 Å². The van der Waals surface area contributed by atoms with E-state index < -0.39 is 16.9 Å². The number of hydrogen-bond acceptors (Lipinski definition) is 8. The van der Waals surface area contributed by atoms with Gasteiger partial charge in [-0.3, -0.25) is 4.79 Å². The smallest absolute Gasteiger partial charge is 0.434 e. The Kier molecular flexibility index (Phi) is 7.25. The molecule has 2 heterocycles. The van der Waals surface area contributed by atoms with E-state index in [9.17, 15) is 14.4 Å². The van der Waals surface area contributed by atoms with Gasteiger partial charge in [-0.25, -0.2) is 19.8 Å². The molecule has 1 amide bonds. The Morgan fingerprint density at radius 1 is 0.974 bits per heavy atom. The second kappa shape index (κ2) is 10.9. The fourth-order valence-corrected chi connectivity index (χ4v) is 5.50. The van der Waals surface area contributed by atoms with Crippen molar-refractivity contribution in [3.05, 3.63) is 93.0 Å². The highest BCUT2D eigenvalue weighted by atomic mass is 16.5. The number of H-pyrrole nitrogens is 2. The summed E-state index contributed by atoms with van der Waals surface area (Å²) in [7, 11) is 0. The van der Waals surface area contributed by atoms with Crippen molar-refractivity contribution in [3.63, 3.8) is 0 Å². The number of nitrogens with zero attached hydrogens (tertiary/aromatic N) is 2. The predicted octanol–water partition coefficient (Wildman–Crippen LogP) is 3.36. The number of amides is 1. The summed E-state index contributed by atoms with van der Waals surface area (Å²) in [5.41, 5.74) is 0.263. The van der Waals surface area contributed by atoms with Crippen LogP contribution in [0.5, 0.6) is 11.5 Å². The van der Waals surface area contributed by atoms with Crippen LogP contribution in [0.4, 0.5) is 0 Å². The zero-order valence-electron chi connectivity index (χ0n) is 20.9. The molecule has 2 aromatic carbocycles. The van der Waals surface area contributed by atoms with Crippen molar-refractivity contribution in [2.24, 2.45) is 17.3 Å². The Morgan fingerprint density at radius 2 is 1.61 bits per heavy atom. The second-order valence-corrected chi connectivity index (χ2v) is 9.64. The normalized spacial score (nSPS) is 20.6. The topological polar surface area (TPSA) is 156 Å². The number of rotatable bonds is 11. The molecule has 0 bridgehead atoms. The van der Waals surface area contributed by atoms with E-state index in [-0.39, 0.29) is 29.5 Å². The molecule has 0 saturated heterocycles. The van der Waals surface area contributed by atoms with Crippen molar-refractivity contribution in [3.8, 4) is 11.5 Å². The predicted molar refractivity (Wildman–Crippen MR) is 135 cm³/mol. The maximum absolute atomic E-state index is 13.7. The third-order valence-corrected chi connectivity index (χ3v) is 7.21. The molecule has 3 N–H and O–H groups in total. The molecule has 3 unspecified atom stereocenters. The minimum absolute atomic E-state index is 0.00447. The van der Waals surface area contributed by atoms with Gasteiger partial charge in [0.1, 0.15) is 11.5 Å². The minimum atomic E-state index is -0.677. The largest absolute Gasteiger partial charge is 0.457 e. The first-order valence-corrected chi connectivity index (χ1v) is 12.6. The standard InChI is InChI=1S/C27H29N5O6/c1-2-12-27(24(33)28-16-17-8-10-20(11-9-17)36-19-6-4-3-5-7-19)15-18(13-22-29-31-25(34)37-22)21(27)14-23-30-32-26(35)38-23/h3-11,18,21H,2,12-16H2,1H3,(H,28,33)(H,31,34)(H,32,35). The average molecular weight is 520 g/mol. The zero-order chi connectivity index (χ0) is 26.5. The van der Waals surface area contributed by atoms with Gasteiger partial charge in [-0.2, -0.15) is 0 Å². The number of carbonyl (C=O) groups excluding carboxylic acids is 1. The van der Waals surface area contributed by atoms with E-state index in [0.29, 0.717) is 38.0 Å². The fourth-order valence-electron chi connectivity index (χ4n) is 5.50. The Morgan fingerprint density at radius 3 is 2.21 bits per heavy atom. The molecule has 1 fully saturated rings. The van der Waals surface area contributed by atoms with Crippen molar-refractivity contribution >= 4 is 5.91 Å². The van der Waals surface area contributed by atoms with Gasteiger partial charge in [-0.15, -0.1) is 10.2 Å². The van der Waals surface area contributed by atoms with Gasteiger partial charge in [-0.1, -0.05) is 43.7 Å². The molecule has 11 nitrogen and oxygen atoms in total. The van der Waals surface area contributed by atoms with E-state index in [4.69, 9.17) is 13.6 Å². The molecule has 1 saturated carbocycles. The number of para-hydroxylation sites is 1. The average Bonchev–Trinajstić information content (AvgIpc) is 3.53. The van der Waals surface area contributed by atoms with Gasteiger partial charge in [0.25, 0.3) is 0 Å². The number of ether oxygens (including phenoxy) is 1. The Bertz CT molecular complexity index is 1470. The molecule has 11 heteroatoms. The second-order valence-electron chi connectivity index (χ2n) is 9.64. The highest BCUT2D eigenvalue weighted by molar-refractivity contribution is 5.84. The summed E-state index contributed by atoms with van der Waals surface area (Å²) in [4.78, 5) is 36.6. The highest BCUT2D eigenvalue weighted by Gasteiger charge is 2.58. The summed E-state index contributed by atoms with van der Waals surface area (Å²) < 4.78 is 16.1. The lowest BCUT2D eigenvalue weighted by molar-refractivity contribution is -0.152. The van der Waals surface area contributed by atoms with E-state index in [2.05, 4.69) is 25.7 Å². The maximum Gasteiger partial charge on any atom is 0.434 e. The number of aromatic amines is 2. The summed E-state index contributed by atoms with van der Waals surface area (Å²) in [5, 5.41) is 15.5. The van der Waals surface area contributed by atoms with Crippen LogP contribution in [0.25, 0.3) is 0 Å². The number of carbonyl (C=O) groups is 1. The molecule has 38 heavy (non-hydrogen) atoms. The first-order chi connectivity index (χ1) is 18.4. The van der Waals surface area contributed by atoms with E-state index in [1.54, 1.807) is 0 Å². The van der Waals surface area contributed by atoms with Gasteiger partial charge in [0.2, 0.25) is 17.7 Å². The Hall–Kier alpha value is -4.41. The van der Waals surface area contributed by atoms with E-state index in [1.807, 2.05) is 61.5 Å². The summed E-state index contributed by atoms with van der Waals surface area (Å²) in [6.45, 7) is 2.39. The molecule has 5 rings (SSSR count). The molecule has 4 aromatic rings. The first-order valence-electron chi connectivity index (χ1n) is 12.6. The van der Waals surface area contributed by atoms with Crippen LogP contribution < -0.4 is 21.6 Å². The maximum atomic E-state index is 13.7. The molecule has 0 radical (unpaired) electrons. The first kappa shape index (κ1) is 25.2. The summed E-state index contributed by atoms with van der Waals surface area (Å²) in [6, 6.07) is 17.1. The third-order valence-electron chi connectivity index (χ3n) is 7.21. The van der Waals surface area contributed by atoms with Crippen LogP contribution >= 0.6 is 0 Å². The Labute approximate surface area is 217 Å². The van der Waals surface area contributed by atoms with Crippen LogP contribution in [-0.2, 0) is 24.2 Å². The van der Waals surface area contributed by atoms with E-state index in [0.717, 1.165) is 17.7 Å². The molecular weight excluding hydrogens is 490 g/mol. The van der Waals surface area contributed by atoms with Crippen LogP contribution in [0, 0.1) is 17.3 Å². The van der Waals surface area contributed by atoms with Gasteiger partial charge >= 0.3 is 11.5 Å². The number of nitrogens with one attached hydrogen (secondary N) is 3.